The maximum Gasteiger partial charge on any atom is 0.222 e. The van der Waals surface area contributed by atoms with Gasteiger partial charge in [0.1, 0.15) is 17.4 Å². The lowest BCUT2D eigenvalue weighted by molar-refractivity contribution is -0.122. The summed E-state index contributed by atoms with van der Waals surface area (Å²) in [5.74, 6) is 0.709. The van der Waals surface area contributed by atoms with Crippen molar-refractivity contribution in [2.75, 3.05) is 19.8 Å². The number of morpholine rings is 1. The summed E-state index contributed by atoms with van der Waals surface area (Å²) >= 11 is 0. The maximum absolute atomic E-state index is 12.6. The highest BCUT2D eigenvalue weighted by Crippen LogP contribution is 2.28. The average molecular weight is 350 g/mol. The number of carbonyl (C=O) groups is 1. The Hall–Kier alpha value is -2.63. The minimum atomic E-state index is -0.319. The molecule has 0 saturated carbocycles. The first-order chi connectivity index (χ1) is 12.8. The number of carbonyl (C=O) groups excluding carboxylic acids is 1. The van der Waals surface area contributed by atoms with Crippen molar-refractivity contribution in [1.29, 1.82) is 0 Å². The highest BCUT2D eigenvalue weighted by molar-refractivity contribution is 5.80. The van der Waals surface area contributed by atoms with Gasteiger partial charge in [-0.15, -0.1) is 0 Å². The minimum Gasteiger partial charge on any atom is -0.459 e. The number of rotatable bonds is 5. The lowest BCUT2D eigenvalue weighted by Gasteiger charge is -2.24. The van der Waals surface area contributed by atoms with Crippen LogP contribution in [0.1, 0.15) is 23.8 Å². The third kappa shape index (κ3) is 3.79. The van der Waals surface area contributed by atoms with E-state index >= 15 is 0 Å². The van der Waals surface area contributed by atoms with Crippen molar-refractivity contribution in [3.63, 3.8) is 0 Å². The topological polar surface area (TPSA) is 63.5 Å². The maximum atomic E-state index is 12.6. The van der Waals surface area contributed by atoms with Crippen molar-refractivity contribution in [2.45, 2.75) is 18.5 Å². The van der Waals surface area contributed by atoms with Gasteiger partial charge >= 0.3 is 0 Å². The Kier molecular flexibility index (Phi) is 5.00. The van der Waals surface area contributed by atoms with Crippen LogP contribution in [0.4, 0.5) is 0 Å². The van der Waals surface area contributed by atoms with E-state index in [0.717, 1.165) is 28.8 Å². The molecule has 0 radical (unpaired) electrons. The summed E-state index contributed by atoms with van der Waals surface area (Å²) < 4.78 is 11.5. The van der Waals surface area contributed by atoms with Crippen LogP contribution in [0.15, 0.2) is 65.1 Å². The third-order valence-electron chi connectivity index (χ3n) is 4.60. The van der Waals surface area contributed by atoms with Crippen molar-refractivity contribution in [2.24, 2.45) is 0 Å². The Morgan fingerprint density at radius 3 is 2.73 bits per heavy atom. The van der Waals surface area contributed by atoms with Gasteiger partial charge in [-0.1, -0.05) is 48.5 Å². The molecule has 1 saturated heterocycles. The molecule has 2 heterocycles. The molecule has 2 aromatic carbocycles. The van der Waals surface area contributed by atoms with Crippen molar-refractivity contribution in [1.82, 2.24) is 10.6 Å². The number of nitrogens with one attached hydrogen (secondary N) is 2. The van der Waals surface area contributed by atoms with Crippen LogP contribution < -0.4 is 10.6 Å². The number of para-hydroxylation sites is 1. The van der Waals surface area contributed by atoms with Gasteiger partial charge in [0.2, 0.25) is 5.91 Å². The van der Waals surface area contributed by atoms with E-state index in [-0.39, 0.29) is 18.0 Å². The van der Waals surface area contributed by atoms with E-state index in [1.165, 1.54) is 0 Å². The fourth-order valence-corrected chi connectivity index (χ4v) is 3.30. The summed E-state index contributed by atoms with van der Waals surface area (Å²) in [6, 6.07) is 19.5. The second-order valence-electron chi connectivity index (χ2n) is 6.53. The summed E-state index contributed by atoms with van der Waals surface area (Å²) in [5.41, 5.74) is 1.81. The first-order valence-corrected chi connectivity index (χ1v) is 8.93. The van der Waals surface area contributed by atoms with Gasteiger partial charge in [0.15, 0.2) is 0 Å². The average Bonchev–Trinajstić information content (AvgIpc) is 3.11. The van der Waals surface area contributed by atoms with E-state index < -0.39 is 0 Å². The molecule has 2 N–H and O–H groups in total. The zero-order chi connectivity index (χ0) is 17.8. The number of fused-ring (bicyclic) bond motifs is 1. The van der Waals surface area contributed by atoms with Crippen LogP contribution in [0.5, 0.6) is 0 Å². The van der Waals surface area contributed by atoms with Crippen molar-refractivity contribution >= 4 is 16.9 Å². The van der Waals surface area contributed by atoms with E-state index in [2.05, 4.69) is 10.6 Å². The SMILES string of the molecule is O=C(CC1COCCN1)NC(c1ccccc1)c1cc2ccccc2o1. The molecule has 5 nitrogen and oxygen atoms in total. The second-order valence-corrected chi connectivity index (χ2v) is 6.53. The van der Waals surface area contributed by atoms with Crippen LogP contribution in [0.2, 0.25) is 0 Å². The van der Waals surface area contributed by atoms with Gasteiger partial charge in [-0.25, -0.2) is 0 Å². The lowest BCUT2D eigenvalue weighted by Crippen LogP contribution is -2.44. The molecule has 3 aromatic rings. The molecular weight excluding hydrogens is 328 g/mol. The van der Waals surface area contributed by atoms with Crippen LogP contribution in [-0.4, -0.2) is 31.7 Å². The number of ether oxygens (including phenoxy) is 1. The van der Waals surface area contributed by atoms with E-state index in [1.54, 1.807) is 0 Å². The molecule has 1 amide bonds. The van der Waals surface area contributed by atoms with Crippen molar-refractivity contribution in [3.05, 3.63) is 72.0 Å². The molecule has 2 atom stereocenters. The summed E-state index contributed by atoms with van der Waals surface area (Å²) in [5, 5.41) is 7.47. The van der Waals surface area contributed by atoms with Gasteiger partial charge in [-0.3, -0.25) is 4.79 Å². The van der Waals surface area contributed by atoms with Gasteiger partial charge in [0, 0.05) is 24.4 Å². The molecule has 0 aliphatic carbocycles. The molecular formula is C21H22N2O3. The second kappa shape index (κ2) is 7.72. The summed E-state index contributed by atoms with van der Waals surface area (Å²) in [4.78, 5) is 12.6. The van der Waals surface area contributed by atoms with Crippen LogP contribution >= 0.6 is 0 Å². The molecule has 26 heavy (non-hydrogen) atoms. The Bertz CT molecular complexity index is 836. The summed E-state index contributed by atoms with van der Waals surface area (Å²) in [6.07, 6.45) is 0.379. The molecule has 0 spiro atoms. The van der Waals surface area contributed by atoms with Gasteiger partial charge in [0.05, 0.1) is 13.2 Å². The van der Waals surface area contributed by atoms with E-state index in [0.29, 0.717) is 19.6 Å². The van der Waals surface area contributed by atoms with Gasteiger partial charge in [-0.2, -0.15) is 0 Å². The molecule has 1 aliphatic rings. The van der Waals surface area contributed by atoms with Crippen LogP contribution in [0.3, 0.4) is 0 Å². The third-order valence-corrected chi connectivity index (χ3v) is 4.60. The molecule has 4 rings (SSSR count). The normalized spacial score (nSPS) is 18.5. The fourth-order valence-electron chi connectivity index (χ4n) is 3.30. The first-order valence-electron chi connectivity index (χ1n) is 8.93. The Morgan fingerprint density at radius 2 is 1.96 bits per heavy atom. The zero-order valence-electron chi connectivity index (χ0n) is 14.5. The largest absolute Gasteiger partial charge is 0.459 e. The van der Waals surface area contributed by atoms with Gasteiger partial charge < -0.3 is 19.8 Å². The predicted octanol–water partition coefficient (Wildman–Crippen LogP) is 3.02. The highest BCUT2D eigenvalue weighted by Gasteiger charge is 2.23. The summed E-state index contributed by atoms with van der Waals surface area (Å²) in [7, 11) is 0. The highest BCUT2D eigenvalue weighted by atomic mass is 16.5. The Labute approximate surface area is 152 Å². The van der Waals surface area contributed by atoms with Gasteiger partial charge in [0.25, 0.3) is 0 Å². The number of amides is 1. The first kappa shape index (κ1) is 16.8. The van der Waals surface area contributed by atoms with Crippen molar-refractivity contribution < 1.29 is 13.9 Å². The van der Waals surface area contributed by atoms with E-state index in [1.807, 2.05) is 60.7 Å². The number of hydrogen-bond acceptors (Lipinski definition) is 4. The molecule has 1 fully saturated rings. The minimum absolute atomic E-state index is 0.0256. The predicted molar refractivity (Wildman–Crippen MR) is 99.9 cm³/mol. The molecule has 1 aliphatic heterocycles. The fraction of sp³-hybridized carbons (Fsp3) is 0.286. The zero-order valence-corrected chi connectivity index (χ0v) is 14.5. The Morgan fingerprint density at radius 1 is 1.15 bits per heavy atom. The molecule has 2 unspecified atom stereocenters. The number of benzene rings is 2. The van der Waals surface area contributed by atoms with Crippen LogP contribution in [-0.2, 0) is 9.53 Å². The molecule has 5 heteroatoms. The molecule has 0 bridgehead atoms. The number of furan rings is 1. The van der Waals surface area contributed by atoms with Crippen LogP contribution in [0, 0.1) is 0 Å². The van der Waals surface area contributed by atoms with Gasteiger partial charge in [-0.05, 0) is 17.7 Å². The van der Waals surface area contributed by atoms with E-state index in [4.69, 9.17) is 9.15 Å². The molecule has 134 valence electrons. The standard InChI is InChI=1S/C21H22N2O3/c24-20(13-17-14-25-11-10-22-17)23-21(15-6-2-1-3-7-15)19-12-16-8-4-5-9-18(16)26-19/h1-9,12,17,21-22H,10-11,13-14H2,(H,23,24). The Balaban J connectivity index is 1.57. The van der Waals surface area contributed by atoms with E-state index in [9.17, 15) is 4.79 Å². The van der Waals surface area contributed by atoms with Crippen molar-refractivity contribution in [3.8, 4) is 0 Å². The lowest BCUT2D eigenvalue weighted by atomic mass is 10.0. The molecule has 1 aromatic heterocycles. The van der Waals surface area contributed by atoms with Crippen LogP contribution in [0.25, 0.3) is 11.0 Å². The number of hydrogen-bond donors (Lipinski definition) is 2. The summed E-state index contributed by atoms with van der Waals surface area (Å²) in [6.45, 7) is 2.04. The quantitative estimate of drug-likeness (QED) is 0.742. The monoisotopic (exact) mass is 350 g/mol. The smallest absolute Gasteiger partial charge is 0.222 e.